The Hall–Kier alpha value is -2.42. The zero-order valence-electron chi connectivity index (χ0n) is 12.7. The molecule has 9 heteroatoms. The Labute approximate surface area is 135 Å². The van der Waals surface area contributed by atoms with Gasteiger partial charge in [0.05, 0.1) is 12.2 Å². The fraction of sp³-hybridized carbons (Fsp3) is 0.400. The lowest BCUT2D eigenvalue weighted by molar-refractivity contribution is -0.151. The van der Waals surface area contributed by atoms with E-state index in [9.17, 15) is 27.6 Å². The van der Waals surface area contributed by atoms with Gasteiger partial charge in [-0.25, -0.2) is 5.48 Å². The fourth-order valence-corrected chi connectivity index (χ4v) is 2.21. The second kappa shape index (κ2) is 7.00. The fourth-order valence-electron chi connectivity index (χ4n) is 2.21. The number of halogens is 3. The molecule has 130 valence electrons. The van der Waals surface area contributed by atoms with Crippen LogP contribution in [-0.4, -0.2) is 28.7 Å². The van der Waals surface area contributed by atoms with Crippen molar-refractivity contribution < 1.29 is 32.4 Å². The molecule has 1 N–H and O–H groups in total. The molecule has 6 nitrogen and oxygen atoms in total. The van der Waals surface area contributed by atoms with E-state index in [1.165, 1.54) is 19.1 Å². The first kappa shape index (κ1) is 17.9. The number of rotatable bonds is 5. The van der Waals surface area contributed by atoms with E-state index in [0.717, 1.165) is 17.0 Å². The third-order valence-electron chi connectivity index (χ3n) is 3.55. The largest absolute Gasteiger partial charge is 0.416 e. The smallest absolute Gasteiger partial charge is 0.274 e. The Morgan fingerprint density at radius 1 is 1.21 bits per heavy atom. The van der Waals surface area contributed by atoms with Crippen LogP contribution in [0.15, 0.2) is 24.3 Å². The van der Waals surface area contributed by atoms with Gasteiger partial charge in [-0.15, -0.1) is 0 Å². The molecule has 0 aromatic heterocycles. The molecule has 0 spiro atoms. The normalized spacial score (nSPS) is 16.4. The quantitative estimate of drug-likeness (QED) is 0.653. The standard InChI is InChI=1S/C15H15F3N2O4/c1-9(20-12(21)6-7-13(20)22)14(23)19-24-8-10-2-4-11(5-3-10)15(16,17)18/h2-5,9H,6-8H2,1H3,(H,19,23). The third kappa shape index (κ3) is 4.10. The molecule has 24 heavy (non-hydrogen) atoms. The molecular weight excluding hydrogens is 329 g/mol. The van der Waals surface area contributed by atoms with E-state index in [0.29, 0.717) is 5.56 Å². The maximum Gasteiger partial charge on any atom is 0.416 e. The van der Waals surface area contributed by atoms with E-state index >= 15 is 0 Å². The number of hydrogen-bond donors (Lipinski definition) is 1. The van der Waals surface area contributed by atoms with Crippen LogP contribution in [0, 0.1) is 0 Å². The molecule has 1 aliphatic heterocycles. The lowest BCUT2D eigenvalue weighted by atomic mass is 10.1. The summed E-state index contributed by atoms with van der Waals surface area (Å²) in [6, 6.07) is 3.26. The highest BCUT2D eigenvalue weighted by Crippen LogP contribution is 2.29. The number of alkyl halides is 3. The Morgan fingerprint density at radius 2 is 1.75 bits per heavy atom. The van der Waals surface area contributed by atoms with Crippen molar-refractivity contribution >= 4 is 17.7 Å². The van der Waals surface area contributed by atoms with E-state index < -0.39 is 35.5 Å². The van der Waals surface area contributed by atoms with Crippen LogP contribution in [0.3, 0.4) is 0 Å². The Bertz CT molecular complexity index is 627. The third-order valence-corrected chi connectivity index (χ3v) is 3.55. The minimum absolute atomic E-state index is 0.0723. The van der Waals surface area contributed by atoms with Crippen molar-refractivity contribution in [2.24, 2.45) is 0 Å². The Balaban J connectivity index is 1.84. The van der Waals surface area contributed by atoms with Crippen LogP contribution in [0.4, 0.5) is 13.2 Å². The lowest BCUT2D eigenvalue weighted by Crippen LogP contribution is -2.47. The molecule has 1 atom stereocenters. The first-order valence-electron chi connectivity index (χ1n) is 7.13. The maximum absolute atomic E-state index is 12.4. The van der Waals surface area contributed by atoms with Crippen LogP contribution in [0.1, 0.15) is 30.9 Å². The van der Waals surface area contributed by atoms with Gasteiger partial charge in [0.15, 0.2) is 0 Å². The molecule has 1 unspecified atom stereocenters. The highest BCUT2D eigenvalue weighted by atomic mass is 19.4. The number of hydrogen-bond acceptors (Lipinski definition) is 4. The summed E-state index contributed by atoms with van der Waals surface area (Å²) in [5, 5.41) is 0. The summed E-state index contributed by atoms with van der Waals surface area (Å²) in [6.07, 6.45) is -4.27. The van der Waals surface area contributed by atoms with E-state index in [1.807, 2.05) is 0 Å². The summed E-state index contributed by atoms with van der Waals surface area (Å²) in [7, 11) is 0. The van der Waals surface area contributed by atoms with Crippen molar-refractivity contribution in [2.75, 3.05) is 0 Å². The summed E-state index contributed by atoms with van der Waals surface area (Å²) in [4.78, 5) is 40.7. The summed E-state index contributed by atoms with van der Waals surface area (Å²) < 4.78 is 37.3. The molecule has 1 aromatic carbocycles. The van der Waals surface area contributed by atoms with Gasteiger partial charge in [-0.1, -0.05) is 12.1 Å². The number of nitrogens with zero attached hydrogens (tertiary/aromatic N) is 1. The van der Waals surface area contributed by atoms with Crippen molar-refractivity contribution in [3.8, 4) is 0 Å². The summed E-state index contributed by atoms with van der Waals surface area (Å²) in [5.74, 6) is -1.54. The minimum atomic E-state index is -4.42. The van der Waals surface area contributed by atoms with Crippen LogP contribution in [0.2, 0.25) is 0 Å². The summed E-state index contributed by atoms with van der Waals surface area (Å²) >= 11 is 0. The number of hydroxylamine groups is 1. The van der Waals surface area contributed by atoms with Gasteiger partial charge in [-0.3, -0.25) is 24.1 Å². The zero-order chi connectivity index (χ0) is 17.9. The van der Waals surface area contributed by atoms with Gasteiger partial charge < -0.3 is 0 Å². The van der Waals surface area contributed by atoms with Crippen molar-refractivity contribution in [3.63, 3.8) is 0 Å². The molecule has 0 saturated carbocycles. The van der Waals surface area contributed by atoms with E-state index in [2.05, 4.69) is 5.48 Å². The van der Waals surface area contributed by atoms with Crippen LogP contribution in [0.25, 0.3) is 0 Å². The SMILES string of the molecule is CC(C(=O)NOCc1ccc(C(F)(F)F)cc1)N1C(=O)CCC1=O. The van der Waals surface area contributed by atoms with Crippen LogP contribution >= 0.6 is 0 Å². The van der Waals surface area contributed by atoms with Gasteiger partial charge in [0.1, 0.15) is 6.04 Å². The topological polar surface area (TPSA) is 75.7 Å². The molecule has 2 rings (SSSR count). The van der Waals surface area contributed by atoms with Gasteiger partial charge >= 0.3 is 6.18 Å². The van der Waals surface area contributed by atoms with Gasteiger partial charge in [-0.2, -0.15) is 13.2 Å². The molecule has 1 heterocycles. The van der Waals surface area contributed by atoms with Crippen molar-refractivity contribution in [3.05, 3.63) is 35.4 Å². The molecule has 1 fully saturated rings. The number of carbonyl (C=O) groups excluding carboxylic acids is 3. The van der Waals surface area contributed by atoms with E-state index in [4.69, 9.17) is 4.84 Å². The van der Waals surface area contributed by atoms with Gasteiger partial charge in [0.2, 0.25) is 11.8 Å². The second-order valence-electron chi connectivity index (χ2n) is 5.28. The molecule has 1 aliphatic rings. The molecule has 1 aromatic rings. The molecule has 0 aliphatic carbocycles. The maximum atomic E-state index is 12.4. The number of likely N-dealkylation sites (tertiary alicyclic amines) is 1. The Morgan fingerprint density at radius 3 is 2.25 bits per heavy atom. The van der Waals surface area contributed by atoms with Gasteiger partial charge in [-0.05, 0) is 24.6 Å². The summed E-state index contributed by atoms with van der Waals surface area (Å²) in [5.41, 5.74) is 1.72. The Kier molecular flexibility index (Phi) is 5.23. The van der Waals surface area contributed by atoms with Crippen LogP contribution in [-0.2, 0) is 32.0 Å². The molecular formula is C15H15F3N2O4. The monoisotopic (exact) mass is 344 g/mol. The van der Waals surface area contributed by atoms with E-state index in [1.54, 1.807) is 0 Å². The molecule has 0 radical (unpaired) electrons. The minimum Gasteiger partial charge on any atom is -0.274 e. The van der Waals surface area contributed by atoms with Crippen LogP contribution in [0.5, 0.6) is 0 Å². The zero-order valence-corrected chi connectivity index (χ0v) is 12.7. The van der Waals surface area contributed by atoms with Crippen molar-refractivity contribution in [1.29, 1.82) is 0 Å². The average Bonchev–Trinajstić information content (AvgIpc) is 2.85. The van der Waals surface area contributed by atoms with E-state index in [-0.39, 0.29) is 19.4 Å². The molecule has 1 saturated heterocycles. The van der Waals surface area contributed by atoms with Gasteiger partial charge in [0, 0.05) is 12.8 Å². The summed E-state index contributed by atoms with van der Waals surface area (Å²) in [6.45, 7) is 1.23. The second-order valence-corrected chi connectivity index (χ2v) is 5.28. The first-order valence-corrected chi connectivity index (χ1v) is 7.13. The lowest BCUT2D eigenvalue weighted by Gasteiger charge is -2.21. The number of imide groups is 1. The number of amides is 3. The average molecular weight is 344 g/mol. The highest BCUT2D eigenvalue weighted by Gasteiger charge is 2.36. The first-order chi connectivity index (χ1) is 11.2. The van der Waals surface area contributed by atoms with Crippen molar-refractivity contribution in [2.45, 2.75) is 38.6 Å². The van der Waals surface area contributed by atoms with Crippen LogP contribution < -0.4 is 5.48 Å². The van der Waals surface area contributed by atoms with Gasteiger partial charge in [0.25, 0.3) is 5.91 Å². The predicted molar refractivity (Wildman–Crippen MR) is 74.9 cm³/mol. The highest BCUT2D eigenvalue weighted by molar-refractivity contribution is 6.05. The van der Waals surface area contributed by atoms with Crippen molar-refractivity contribution in [1.82, 2.24) is 10.4 Å². The number of benzene rings is 1. The molecule has 0 bridgehead atoms. The number of carbonyl (C=O) groups is 3. The predicted octanol–water partition coefficient (Wildman–Crippen LogP) is 1.79. The molecule has 3 amide bonds. The number of nitrogens with one attached hydrogen (secondary N) is 1.